The lowest BCUT2D eigenvalue weighted by Crippen LogP contribution is -2.22. The summed E-state index contributed by atoms with van der Waals surface area (Å²) in [6.45, 7) is 5.33. The lowest BCUT2D eigenvalue weighted by Gasteiger charge is -2.16. The highest BCUT2D eigenvalue weighted by Gasteiger charge is 2.01. The van der Waals surface area contributed by atoms with Crippen molar-refractivity contribution in [2.24, 2.45) is 0 Å². The number of nitrogens with zero attached hydrogens (tertiary/aromatic N) is 1. The lowest BCUT2D eigenvalue weighted by molar-refractivity contribution is 0.158. The van der Waals surface area contributed by atoms with Crippen molar-refractivity contribution in [2.75, 3.05) is 33.9 Å². The molecule has 0 unspecified atom stereocenters. The summed E-state index contributed by atoms with van der Waals surface area (Å²) < 4.78 is 10.5. The van der Waals surface area contributed by atoms with Crippen LogP contribution in [0.1, 0.15) is 12.5 Å². The third kappa shape index (κ3) is 4.64. The van der Waals surface area contributed by atoms with Gasteiger partial charge in [-0.1, -0.05) is 12.1 Å². The predicted octanol–water partition coefficient (Wildman–Crippen LogP) is 2.16. The maximum absolute atomic E-state index is 5.47. The van der Waals surface area contributed by atoms with Crippen molar-refractivity contribution in [2.45, 2.75) is 13.5 Å². The van der Waals surface area contributed by atoms with Gasteiger partial charge in [0, 0.05) is 20.2 Å². The fourth-order valence-corrected chi connectivity index (χ4v) is 1.54. The molecule has 0 heterocycles. The molecule has 16 heavy (non-hydrogen) atoms. The molecule has 0 N–H and O–H groups in total. The van der Waals surface area contributed by atoms with Crippen molar-refractivity contribution in [1.29, 1.82) is 0 Å². The zero-order valence-electron chi connectivity index (χ0n) is 10.4. The first-order valence-electron chi connectivity index (χ1n) is 5.65. The van der Waals surface area contributed by atoms with Crippen LogP contribution in [-0.4, -0.2) is 38.8 Å². The molecule has 0 saturated heterocycles. The van der Waals surface area contributed by atoms with Crippen LogP contribution in [0.2, 0.25) is 0 Å². The molecule has 0 atom stereocenters. The van der Waals surface area contributed by atoms with E-state index < -0.39 is 0 Å². The van der Waals surface area contributed by atoms with Crippen LogP contribution in [-0.2, 0) is 11.3 Å². The van der Waals surface area contributed by atoms with E-state index in [1.54, 1.807) is 7.11 Å². The van der Waals surface area contributed by atoms with Gasteiger partial charge in [-0.2, -0.15) is 0 Å². The van der Waals surface area contributed by atoms with Crippen LogP contribution in [0.4, 0.5) is 0 Å². The van der Waals surface area contributed by atoms with Crippen LogP contribution >= 0.6 is 0 Å². The van der Waals surface area contributed by atoms with Crippen molar-refractivity contribution < 1.29 is 9.47 Å². The molecule has 0 aliphatic heterocycles. The number of ether oxygens (including phenoxy) is 2. The number of likely N-dealkylation sites (N-methyl/N-ethyl adjacent to an activating group) is 1. The summed E-state index contributed by atoms with van der Waals surface area (Å²) in [6, 6.07) is 8.23. The molecule has 1 aromatic carbocycles. The Labute approximate surface area is 98.0 Å². The molecule has 0 amide bonds. The minimum atomic E-state index is 0.711. The highest BCUT2D eigenvalue weighted by atomic mass is 16.5. The summed E-state index contributed by atoms with van der Waals surface area (Å²) >= 11 is 0. The van der Waals surface area contributed by atoms with Gasteiger partial charge in [-0.05, 0) is 31.7 Å². The Morgan fingerprint density at radius 3 is 2.81 bits per heavy atom. The quantitative estimate of drug-likeness (QED) is 0.707. The highest BCUT2D eigenvalue weighted by Crippen LogP contribution is 2.14. The SMILES string of the molecule is CCOc1cccc(CN(C)CCOC)c1. The van der Waals surface area contributed by atoms with Gasteiger partial charge in [0.25, 0.3) is 0 Å². The summed E-state index contributed by atoms with van der Waals surface area (Å²) in [5.74, 6) is 0.945. The Balaban J connectivity index is 2.49. The minimum Gasteiger partial charge on any atom is -0.494 e. The first-order chi connectivity index (χ1) is 7.76. The fraction of sp³-hybridized carbons (Fsp3) is 0.538. The van der Waals surface area contributed by atoms with Crippen molar-refractivity contribution >= 4 is 0 Å². The van der Waals surface area contributed by atoms with Crippen molar-refractivity contribution in [3.63, 3.8) is 0 Å². The molecule has 0 aliphatic rings. The van der Waals surface area contributed by atoms with Crippen LogP contribution in [0.3, 0.4) is 0 Å². The molecule has 1 rings (SSSR count). The molecule has 3 heteroatoms. The zero-order chi connectivity index (χ0) is 11.8. The first-order valence-corrected chi connectivity index (χ1v) is 5.65. The Bertz CT molecular complexity index is 302. The van der Waals surface area contributed by atoms with E-state index in [0.717, 1.165) is 25.4 Å². The second-order valence-electron chi connectivity index (χ2n) is 3.81. The van der Waals surface area contributed by atoms with Crippen LogP contribution in [0, 0.1) is 0 Å². The van der Waals surface area contributed by atoms with E-state index in [2.05, 4.69) is 24.1 Å². The number of benzene rings is 1. The Kier molecular flexibility index (Phi) is 5.90. The summed E-state index contributed by atoms with van der Waals surface area (Å²) in [5.41, 5.74) is 1.27. The number of methoxy groups -OCH3 is 1. The molecule has 0 saturated carbocycles. The lowest BCUT2D eigenvalue weighted by atomic mass is 10.2. The Morgan fingerprint density at radius 2 is 2.12 bits per heavy atom. The smallest absolute Gasteiger partial charge is 0.119 e. The molecule has 0 bridgehead atoms. The maximum Gasteiger partial charge on any atom is 0.119 e. The zero-order valence-corrected chi connectivity index (χ0v) is 10.4. The van der Waals surface area contributed by atoms with Crippen LogP contribution < -0.4 is 4.74 Å². The van der Waals surface area contributed by atoms with Gasteiger partial charge in [-0.3, -0.25) is 4.90 Å². The topological polar surface area (TPSA) is 21.7 Å². The van der Waals surface area contributed by atoms with Gasteiger partial charge in [0.2, 0.25) is 0 Å². The molecule has 90 valence electrons. The second-order valence-corrected chi connectivity index (χ2v) is 3.81. The van der Waals surface area contributed by atoms with Crippen molar-refractivity contribution in [1.82, 2.24) is 4.90 Å². The molecular formula is C13H21NO2. The van der Waals surface area contributed by atoms with E-state index in [-0.39, 0.29) is 0 Å². The third-order valence-electron chi connectivity index (χ3n) is 2.34. The Hall–Kier alpha value is -1.06. The molecule has 0 radical (unpaired) electrons. The van der Waals surface area contributed by atoms with E-state index >= 15 is 0 Å². The summed E-state index contributed by atoms with van der Waals surface area (Å²) in [5, 5.41) is 0. The summed E-state index contributed by atoms with van der Waals surface area (Å²) in [6.07, 6.45) is 0. The summed E-state index contributed by atoms with van der Waals surface area (Å²) in [4.78, 5) is 2.23. The third-order valence-corrected chi connectivity index (χ3v) is 2.34. The molecule has 1 aromatic rings. The normalized spacial score (nSPS) is 10.8. The highest BCUT2D eigenvalue weighted by molar-refractivity contribution is 5.28. The van der Waals surface area contributed by atoms with E-state index in [1.165, 1.54) is 5.56 Å². The van der Waals surface area contributed by atoms with Gasteiger partial charge >= 0.3 is 0 Å². The fourth-order valence-electron chi connectivity index (χ4n) is 1.54. The van der Waals surface area contributed by atoms with Crippen LogP contribution in [0.25, 0.3) is 0 Å². The Morgan fingerprint density at radius 1 is 1.31 bits per heavy atom. The minimum absolute atomic E-state index is 0.711. The van der Waals surface area contributed by atoms with Gasteiger partial charge < -0.3 is 9.47 Å². The maximum atomic E-state index is 5.47. The van der Waals surface area contributed by atoms with Crippen LogP contribution in [0.5, 0.6) is 5.75 Å². The molecule has 0 fully saturated rings. The number of rotatable bonds is 7. The van der Waals surface area contributed by atoms with Gasteiger partial charge in [-0.15, -0.1) is 0 Å². The predicted molar refractivity (Wildman–Crippen MR) is 65.8 cm³/mol. The molecule has 0 aromatic heterocycles. The van der Waals surface area contributed by atoms with E-state index in [9.17, 15) is 0 Å². The first kappa shape index (κ1) is 13.0. The van der Waals surface area contributed by atoms with E-state index in [4.69, 9.17) is 9.47 Å². The standard InChI is InChI=1S/C13H21NO2/c1-4-16-13-7-5-6-12(10-13)11-14(2)8-9-15-3/h5-7,10H,4,8-9,11H2,1-3H3. The van der Waals surface area contributed by atoms with Gasteiger partial charge in [-0.25, -0.2) is 0 Å². The second kappa shape index (κ2) is 7.25. The monoisotopic (exact) mass is 223 g/mol. The van der Waals surface area contributed by atoms with E-state index in [1.807, 2.05) is 19.1 Å². The van der Waals surface area contributed by atoms with E-state index in [0.29, 0.717) is 6.61 Å². The molecule has 3 nitrogen and oxygen atoms in total. The molecular weight excluding hydrogens is 202 g/mol. The van der Waals surface area contributed by atoms with Crippen LogP contribution in [0.15, 0.2) is 24.3 Å². The molecule has 0 spiro atoms. The largest absolute Gasteiger partial charge is 0.494 e. The van der Waals surface area contributed by atoms with Gasteiger partial charge in [0.15, 0.2) is 0 Å². The molecule has 0 aliphatic carbocycles. The summed E-state index contributed by atoms with van der Waals surface area (Å²) in [7, 11) is 3.82. The number of hydrogen-bond donors (Lipinski definition) is 0. The number of hydrogen-bond acceptors (Lipinski definition) is 3. The van der Waals surface area contributed by atoms with Crippen molar-refractivity contribution in [3.8, 4) is 5.75 Å². The average molecular weight is 223 g/mol. The van der Waals surface area contributed by atoms with Gasteiger partial charge in [0.1, 0.15) is 5.75 Å². The average Bonchev–Trinajstić information content (AvgIpc) is 2.27. The van der Waals surface area contributed by atoms with Gasteiger partial charge in [0.05, 0.1) is 13.2 Å². The van der Waals surface area contributed by atoms with Crippen molar-refractivity contribution in [3.05, 3.63) is 29.8 Å².